The second kappa shape index (κ2) is 8.48. The highest BCUT2D eigenvalue weighted by Crippen LogP contribution is 2.27. The van der Waals surface area contributed by atoms with Crippen molar-refractivity contribution in [2.45, 2.75) is 31.3 Å². The molecule has 0 spiro atoms. The molecule has 1 N–H and O–H groups in total. The predicted molar refractivity (Wildman–Crippen MR) is 112 cm³/mol. The number of anilines is 1. The molecule has 0 unspecified atom stereocenters. The predicted octanol–water partition coefficient (Wildman–Crippen LogP) is 4.30. The van der Waals surface area contributed by atoms with Gasteiger partial charge < -0.3 is 10.1 Å². The van der Waals surface area contributed by atoms with E-state index in [0.717, 1.165) is 11.4 Å². The van der Waals surface area contributed by atoms with E-state index in [9.17, 15) is 4.79 Å². The molecule has 0 aliphatic rings. The third-order valence-corrected chi connectivity index (χ3v) is 5.17. The lowest BCUT2D eigenvalue weighted by Crippen LogP contribution is -2.15. The minimum Gasteiger partial charge on any atom is -0.495 e. The Morgan fingerprint density at radius 1 is 1.14 bits per heavy atom. The molecule has 0 radical (unpaired) electrons. The largest absolute Gasteiger partial charge is 0.495 e. The molecule has 0 aliphatic carbocycles. The lowest BCUT2D eigenvalue weighted by molar-refractivity contribution is -0.113. The Kier molecular flexibility index (Phi) is 6.04. The first-order chi connectivity index (χ1) is 13.4. The maximum absolute atomic E-state index is 12.3. The van der Waals surface area contributed by atoms with Crippen LogP contribution in [0.5, 0.6) is 5.75 Å². The SMILES string of the molecule is COc1ccccc1-n1cnnc1SCC(=O)Nc1ccc(C(C)(C)C)cc1. The number of hydrogen-bond acceptors (Lipinski definition) is 5. The summed E-state index contributed by atoms with van der Waals surface area (Å²) in [6.45, 7) is 6.49. The van der Waals surface area contributed by atoms with E-state index in [1.807, 2.05) is 53.1 Å². The summed E-state index contributed by atoms with van der Waals surface area (Å²) in [5, 5.41) is 11.6. The van der Waals surface area contributed by atoms with E-state index in [1.165, 1.54) is 17.3 Å². The summed E-state index contributed by atoms with van der Waals surface area (Å²) in [4.78, 5) is 12.3. The first kappa shape index (κ1) is 19.9. The summed E-state index contributed by atoms with van der Waals surface area (Å²) < 4.78 is 7.21. The molecular formula is C21H24N4O2S. The number of benzene rings is 2. The van der Waals surface area contributed by atoms with Crippen LogP contribution in [0.15, 0.2) is 60.0 Å². The quantitative estimate of drug-likeness (QED) is 0.629. The normalized spacial score (nSPS) is 11.3. The van der Waals surface area contributed by atoms with Crippen LogP contribution in [-0.4, -0.2) is 33.5 Å². The monoisotopic (exact) mass is 396 g/mol. The summed E-state index contributed by atoms with van der Waals surface area (Å²) in [5.74, 6) is 0.852. The Hall–Kier alpha value is -2.80. The minimum absolute atomic E-state index is 0.0843. The third kappa shape index (κ3) is 4.72. The summed E-state index contributed by atoms with van der Waals surface area (Å²) in [6, 6.07) is 15.6. The molecule has 2 aromatic carbocycles. The molecule has 0 fully saturated rings. The van der Waals surface area contributed by atoms with Crippen LogP contribution in [-0.2, 0) is 10.2 Å². The Bertz CT molecular complexity index is 946. The van der Waals surface area contributed by atoms with Crippen LogP contribution < -0.4 is 10.1 Å². The van der Waals surface area contributed by atoms with Crippen molar-refractivity contribution in [2.24, 2.45) is 0 Å². The molecule has 28 heavy (non-hydrogen) atoms. The van der Waals surface area contributed by atoms with Gasteiger partial charge in [0, 0.05) is 5.69 Å². The molecule has 146 valence electrons. The molecule has 6 nitrogen and oxygen atoms in total. The molecule has 0 bridgehead atoms. The van der Waals surface area contributed by atoms with Crippen molar-refractivity contribution in [2.75, 3.05) is 18.2 Å². The molecule has 1 aromatic heterocycles. The van der Waals surface area contributed by atoms with E-state index in [0.29, 0.717) is 10.9 Å². The molecule has 7 heteroatoms. The van der Waals surface area contributed by atoms with Gasteiger partial charge in [-0.05, 0) is 35.2 Å². The third-order valence-electron chi connectivity index (χ3n) is 4.23. The van der Waals surface area contributed by atoms with E-state index < -0.39 is 0 Å². The number of hydrogen-bond donors (Lipinski definition) is 1. The fourth-order valence-electron chi connectivity index (χ4n) is 2.70. The number of methoxy groups -OCH3 is 1. The van der Waals surface area contributed by atoms with Gasteiger partial charge in [0.25, 0.3) is 0 Å². The van der Waals surface area contributed by atoms with Gasteiger partial charge in [-0.2, -0.15) is 0 Å². The Balaban J connectivity index is 1.64. The highest BCUT2D eigenvalue weighted by Gasteiger charge is 2.15. The van der Waals surface area contributed by atoms with E-state index in [2.05, 4.69) is 36.3 Å². The number of aromatic nitrogens is 3. The summed E-state index contributed by atoms with van der Waals surface area (Å²) in [6.07, 6.45) is 1.61. The number of nitrogens with one attached hydrogen (secondary N) is 1. The number of ether oxygens (including phenoxy) is 1. The van der Waals surface area contributed by atoms with Crippen molar-refractivity contribution in [3.05, 3.63) is 60.4 Å². The van der Waals surface area contributed by atoms with Crippen molar-refractivity contribution in [3.63, 3.8) is 0 Å². The Morgan fingerprint density at radius 2 is 1.86 bits per heavy atom. The summed E-state index contributed by atoms with van der Waals surface area (Å²) in [5.41, 5.74) is 2.92. The van der Waals surface area contributed by atoms with Crippen molar-refractivity contribution >= 4 is 23.4 Å². The minimum atomic E-state index is -0.0944. The van der Waals surface area contributed by atoms with Crippen molar-refractivity contribution < 1.29 is 9.53 Å². The van der Waals surface area contributed by atoms with Crippen LogP contribution in [0.4, 0.5) is 5.69 Å². The molecule has 0 aliphatic heterocycles. The second-order valence-electron chi connectivity index (χ2n) is 7.32. The van der Waals surface area contributed by atoms with Gasteiger partial charge in [0.2, 0.25) is 5.91 Å². The number of amides is 1. The molecular weight excluding hydrogens is 372 g/mol. The van der Waals surface area contributed by atoms with Crippen molar-refractivity contribution in [1.82, 2.24) is 14.8 Å². The maximum Gasteiger partial charge on any atom is 0.234 e. The van der Waals surface area contributed by atoms with Crippen LogP contribution in [0.25, 0.3) is 5.69 Å². The van der Waals surface area contributed by atoms with Crippen LogP contribution in [0.1, 0.15) is 26.3 Å². The fourth-order valence-corrected chi connectivity index (χ4v) is 3.42. The molecule has 1 amide bonds. The van der Waals surface area contributed by atoms with Gasteiger partial charge in [-0.3, -0.25) is 9.36 Å². The van der Waals surface area contributed by atoms with Gasteiger partial charge in [-0.1, -0.05) is 56.8 Å². The van der Waals surface area contributed by atoms with Crippen LogP contribution >= 0.6 is 11.8 Å². The molecule has 3 aromatic rings. The first-order valence-electron chi connectivity index (χ1n) is 8.95. The average Bonchev–Trinajstić information content (AvgIpc) is 3.14. The number of thioether (sulfide) groups is 1. The molecule has 0 saturated heterocycles. The summed E-state index contributed by atoms with van der Waals surface area (Å²) in [7, 11) is 1.62. The lowest BCUT2D eigenvalue weighted by Gasteiger charge is -2.19. The zero-order valence-corrected chi connectivity index (χ0v) is 17.3. The van der Waals surface area contributed by atoms with Gasteiger partial charge in [0.15, 0.2) is 5.16 Å². The Morgan fingerprint density at radius 3 is 2.54 bits per heavy atom. The zero-order valence-electron chi connectivity index (χ0n) is 16.5. The highest BCUT2D eigenvalue weighted by molar-refractivity contribution is 7.99. The van der Waals surface area contributed by atoms with Gasteiger partial charge in [0.1, 0.15) is 12.1 Å². The van der Waals surface area contributed by atoms with Gasteiger partial charge in [-0.15, -0.1) is 10.2 Å². The van der Waals surface area contributed by atoms with Gasteiger partial charge in [-0.25, -0.2) is 0 Å². The fraction of sp³-hybridized carbons (Fsp3) is 0.286. The summed E-state index contributed by atoms with van der Waals surface area (Å²) >= 11 is 1.32. The lowest BCUT2D eigenvalue weighted by atomic mass is 9.87. The number of carbonyl (C=O) groups is 1. The molecule has 0 saturated carbocycles. The van der Waals surface area contributed by atoms with Gasteiger partial charge in [0.05, 0.1) is 18.6 Å². The van der Waals surface area contributed by atoms with Crippen molar-refractivity contribution in [1.29, 1.82) is 0 Å². The van der Waals surface area contributed by atoms with Crippen LogP contribution in [0, 0.1) is 0 Å². The van der Waals surface area contributed by atoms with E-state index in [1.54, 1.807) is 13.4 Å². The van der Waals surface area contributed by atoms with Crippen LogP contribution in [0.2, 0.25) is 0 Å². The van der Waals surface area contributed by atoms with Crippen LogP contribution in [0.3, 0.4) is 0 Å². The molecule has 1 heterocycles. The molecule has 3 rings (SSSR count). The number of rotatable bonds is 6. The standard InChI is InChI=1S/C21H24N4O2S/c1-21(2,3)15-9-11-16(12-10-15)23-19(26)13-28-20-24-22-14-25(20)17-7-5-6-8-18(17)27-4/h5-12,14H,13H2,1-4H3,(H,23,26). The van der Waals surface area contributed by atoms with E-state index in [-0.39, 0.29) is 17.1 Å². The number of nitrogens with zero attached hydrogens (tertiary/aromatic N) is 3. The zero-order chi connectivity index (χ0) is 20.1. The number of para-hydroxylation sites is 2. The average molecular weight is 397 g/mol. The van der Waals surface area contributed by atoms with Crippen molar-refractivity contribution in [3.8, 4) is 11.4 Å². The van der Waals surface area contributed by atoms with Gasteiger partial charge >= 0.3 is 0 Å². The van der Waals surface area contributed by atoms with E-state index in [4.69, 9.17) is 4.74 Å². The second-order valence-corrected chi connectivity index (χ2v) is 8.26. The highest BCUT2D eigenvalue weighted by atomic mass is 32.2. The smallest absolute Gasteiger partial charge is 0.234 e. The molecule has 0 atom stereocenters. The Labute approximate surface area is 169 Å². The first-order valence-corrected chi connectivity index (χ1v) is 9.93. The van der Waals surface area contributed by atoms with E-state index >= 15 is 0 Å². The topological polar surface area (TPSA) is 69.0 Å². The maximum atomic E-state index is 12.3. The number of carbonyl (C=O) groups excluding carboxylic acids is 1.